The second-order valence-electron chi connectivity index (χ2n) is 8.61. The fourth-order valence-corrected chi connectivity index (χ4v) is 5.43. The molecule has 0 unspecified atom stereocenters. The molecule has 2 heterocycles. The molecule has 0 saturated carbocycles. The van der Waals surface area contributed by atoms with Gasteiger partial charge in [0.1, 0.15) is 5.82 Å². The highest BCUT2D eigenvalue weighted by atomic mass is 32.2. The van der Waals surface area contributed by atoms with E-state index in [2.05, 4.69) is 4.90 Å². The quantitative estimate of drug-likeness (QED) is 0.544. The molecule has 1 aliphatic heterocycles. The third-order valence-corrected chi connectivity index (χ3v) is 7.23. The summed E-state index contributed by atoms with van der Waals surface area (Å²) in [6, 6.07) is 16.4. The standard InChI is InChI=1S/C24H29FN4O2S/c1-18(2)28(32(3,30)31)17-23-22-16-27(15-19-8-7-9-20(25)14-19)13-12-24(22)29(26-23)21-10-5-4-6-11-21/h4-11,14,18H,12-13,15-17H2,1-3H3. The Labute approximate surface area is 189 Å². The number of halogens is 1. The second-order valence-corrected chi connectivity index (χ2v) is 10.5. The summed E-state index contributed by atoms with van der Waals surface area (Å²) >= 11 is 0. The van der Waals surface area contributed by atoms with Crippen LogP contribution in [0.4, 0.5) is 4.39 Å². The van der Waals surface area contributed by atoms with Crippen molar-refractivity contribution in [2.45, 2.75) is 45.9 Å². The minimum absolute atomic E-state index is 0.172. The molecule has 3 aromatic rings. The topological polar surface area (TPSA) is 58.4 Å². The van der Waals surface area contributed by atoms with Crippen LogP contribution in [0.1, 0.15) is 36.4 Å². The predicted molar refractivity (Wildman–Crippen MR) is 123 cm³/mol. The monoisotopic (exact) mass is 456 g/mol. The maximum absolute atomic E-state index is 13.7. The van der Waals surface area contributed by atoms with Gasteiger partial charge in [0.15, 0.2) is 0 Å². The van der Waals surface area contributed by atoms with Gasteiger partial charge in [-0.2, -0.15) is 9.40 Å². The van der Waals surface area contributed by atoms with Crippen molar-refractivity contribution in [3.63, 3.8) is 0 Å². The van der Waals surface area contributed by atoms with E-state index < -0.39 is 10.0 Å². The fourth-order valence-electron chi connectivity index (χ4n) is 4.31. The Morgan fingerprint density at radius 2 is 1.88 bits per heavy atom. The molecular weight excluding hydrogens is 427 g/mol. The molecule has 0 bridgehead atoms. The molecule has 1 aromatic heterocycles. The first-order valence-corrected chi connectivity index (χ1v) is 12.7. The molecule has 0 aliphatic carbocycles. The van der Waals surface area contributed by atoms with Crippen molar-refractivity contribution in [2.24, 2.45) is 0 Å². The molecule has 4 rings (SSSR count). The third kappa shape index (κ3) is 4.92. The van der Waals surface area contributed by atoms with Crippen LogP contribution in [0.2, 0.25) is 0 Å². The van der Waals surface area contributed by atoms with Crippen LogP contribution < -0.4 is 0 Å². The molecule has 0 fully saturated rings. The minimum Gasteiger partial charge on any atom is -0.294 e. The van der Waals surface area contributed by atoms with Gasteiger partial charge in [-0.3, -0.25) is 4.90 Å². The zero-order valence-corrected chi connectivity index (χ0v) is 19.5. The number of nitrogens with zero attached hydrogens (tertiary/aromatic N) is 4. The molecule has 0 radical (unpaired) electrons. The molecule has 6 nitrogen and oxygen atoms in total. The first-order chi connectivity index (χ1) is 15.2. The number of benzene rings is 2. The average molecular weight is 457 g/mol. The SMILES string of the molecule is CC(C)N(Cc1nn(-c2ccccc2)c2c1CN(Cc1cccc(F)c1)CC2)S(C)(=O)=O. The maximum Gasteiger partial charge on any atom is 0.211 e. The van der Waals surface area contributed by atoms with Crippen LogP contribution in [0.15, 0.2) is 54.6 Å². The molecule has 1 aliphatic rings. The number of aromatic nitrogens is 2. The van der Waals surface area contributed by atoms with Crippen molar-refractivity contribution >= 4 is 10.0 Å². The molecule has 170 valence electrons. The Balaban J connectivity index is 1.70. The van der Waals surface area contributed by atoms with Crippen LogP contribution in [-0.2, 0) is 36.1 Å². The lowest BCUT2D eigenvalue weighted by Crippen LogP contribution is -2.36. The van der Waals surface area contributed by atoms with Crippen LogP contribution in [-0.4, -0.2) is 46.2 Å². The molecule has 8 heteroatoms. The summed E-state index contributed by atoms with van der Waals surface area (Å²) in [4.78, 5) is 2.26. The highest BCUT2D eigenvalue weighted by Crippen LogP contribution is 2.28. The number of hydrogen-bond donors (Lipinski definition) is 0. The van der Waals surface area contributed by atoms with Gasteiger partial charge < -0.3 is 0 Å². The smallest absolute Gasteiger partial charge is 0.211 e. The number of fused-ring (bicyclic) bond motifs is 1. The number of hydrogen-bond acceptors (Lipinski definition) is 4. The van der Waals surface area contributed by atoms with Crippen molar-refractivity contribution < 1.29 is 12.8 Å². The van der Waals surface area contributed by atoms with E-state index in [4.69, 9.17) is 5.10 Å². The molecule has 2 aromatic carbocycles. The van der Waals surface area contributed by atoms with Crippen LogP contribution in [0.25, 0.3) is 5.69 Å². The lowest BCUT2D eigenvalue weighted by Gasteiger charge is -2.29. The van der Waals surface area contributed by atoms with Gasteiger partial charge in [-0.1, -0.05) is 30.3 Å². The van der Waals surface area contributed by atoms with Crippen molar-refractivity contribution in [1.29, 1.82) is 0 Å². The average Bonchev–Trinajstić information content (AvgIpc) is 3.09. The van der Waals surface area contributed by atoms with E-state index in [0.717, 1.165) is 41.2 Å². The molecule has 0 N–H and O–H groups in total. The van der Waals surface area contributed by atoms with E-state index in [1.807, 2.05) is 54.9 Å². The lowest BCUT2D eigenvalue weighted by molar-refractivity contribution is 0.241. The summed E-state index contributed by atoms with van der Waals surface area (Å²) in [6.07, 6.45) is 2.02. The van der Waals surface area contributed by atoms with Crippen molar-refractivity contribution in [3.05, 3.63) is 82.9 Å². The van der Waals surface area contributed by atoms with Crippen LogP contribution in [0.3, 0.4) is 0 Å². The molecule has 0 amide bonds. The first-order valence-electron chi connectivity index (χ1n) is 10.8. The zero-order valence-electron chi connectivity index (χ0n) is 18.7. The maximum atomic E-state index is 13.7. The van der Waals surface area contributed by atoms with Crippen molar-refractivity contribution in [1.82, 2.24) is 19.0 Å². The van der Waals surface area contributed by atoms with Gasteiger partial charge in [0.2, 0.25) is 10.0 Å². The summed E-state index contributed by atoms with van der Waals surface area (Å²) < 4.78 is 41.9. The Kier molecular flexibility index (Phi) is 6.46. The number of rotatable bonds is 7. The summed E-state index contributed by atoms with van der Waals surface area (Å²) in [5.41, 5.74) is 4.83. The largest absolute Gasteiger partial charge is 0.294 e. The Morgan fingerprint density at radius 3 is 2.53 bits per heavy atom. The van der Waals surface area contributed by atoms with Gasteiger partial charge in [0, 0.05) is 37.7 Å². The molecule has 32 heavy (non-hydrogen) atoms. The fraction of sp³-hybridized carbons (Fsp3) is 0.375. The van der Waals surface area contributed by atoms with Crippen molar-refractivity contribution in [2.75, 3.05) is 12.8 Å². The number of para-hydroxylation sites is 1. The summed E-state index contributed by atoms with van der Waals surface area (Å²) in [5.74, 6) is -0.237. The van der Waals surface area contributed by atoms with E-state index in [9.17, 15) is 12.8 Å². The zero-order chi connectivity index (χ0) is 22.9. The van der Waals surface area contributed by atoms with Crippen LogP contribution >= 0.6 is 0 Å². The van der Waals surface area contributed by atoms with Gasteiger partial charge in [-0.05, 0) is 43.7 Å². The minimum atomic E-state index is -3.38. The van der Waals surface area contributed by atoms with Gasteiger partial charge >= 0.3 is 0 Å². The highest BCUT2D eigenvalue weighted by Gasteiger charge is 2.29. The molecule has 0 saturated heterocycles. The van der Waals surface area contributed by atoms with Gasteiger partial charge in [-0.15, -0.1) is 0 Å². The normalized spacial score (nSPS) is 14.8. The van der Waals surface area contributed by atoms with Crippen LogP contribution in [0.5, 0.6) is 0 Å². The van der Waals surface area contributed by atoms with Gasteiger partial charge in [-0.25, -0.2) is 17.5 Å². The molecular formula is C24H29FN4O2S. The summed E-state index contributed by atoms with van der Waals surface area (Å²) in [5, 5.41) is 4.88. The summed E-state index contributed by atoms with van der Waals surface area (Å²) in [6.45, 7) is 6.07. The van der Waals surface area contributed by atoms with Crippen LogP contribution in [0, 0.1) is 5.82 Å². The highest BCUT2D eigenvalue weighted by molar-refractivity contribution is 7.88. The van der Waals surface area contributed by atoms with Gasteiger partial charge in [0.05, 0.1) is 29.9 Å². The lowest BCUT2D eigenvalue weighted by atomic mass is 10.0. The Hall–Kier alpha value is -2.55. The van der Waals surface area contributed by atoms with E-state index in [0.29, 0.717) is 13.1 Å². The Bertz CT molecular complexity index is 1190. The van der Waals surface area contributed by atoms with E-state index in [1.54, 1.807) is 12.1 Å². The Morgan fingerprint density at radius 1 is 1.12 bits per heavy atom. The molecule has 0 spiro atoms. The third-order valence-electron chi connectivity index (χ3n) is 5.82. The van der Waals surface area contributed by atoms with E-state index in [1.165, 1.54) is 16.6 Å². The molecule has 0 atom stereocenters. The number of sulfonamides is 1. The van der Waals surface area contributed by atoms with E-state index in [-0.39, 0.29) is 18.4 Å². The van der Waals surface area contributed by atoms with Gasteiger partial charge in [0.25, 0.3) is 0 Å². The van der Waals surface area contributed by atoms with E-state index >= 15 is 0 Å². The van der Waals surface area contributed by atoms with Crippen molar-refractivity contribution in [3.8, 4) is 5.69 Å². The predicted octanol–water partition coefficient (Wildman–Crippen LogP) is 3.74. The first kappa shape index (κ1) is 22.6. The second kappa shape index (κ2) is 9.13. The summed E-state index contributed by atoms with van der Waals surface area (Å²) in [7, 11) is -3.38.